The molecule has 1 atom stereocenters. The quantitative estimate of drug-likeness (QED) is 0.596. The van der Waals surface area contributed by atoms with Crippen LogP contribution in [0, 0.1) is 0 Å². The van der Waals surface area contributed by atoms with Gasteiger partial charge in [-0.2, -0.15) is 0 Å². The minimum absolute atomic E-state index is 0.131. The Kier molecular flexibility index (Phi) is 4.84. The van der Waals surface area contributed by atoms with Crippen LogP contribution in [0.4, 0.5) is 0 Å². The lowest BCUT2D eigenvalue weighted by atomic mass is 10.2. The van der Waals surface area contributed by atoms with Gasteiger partial charge in [0.25, 0.3) is 0 Å². The molecule has 0 N–H and O–H groups in total. The van der Waals surface area contributed by atoms with Crippen LogP contribution in [0.2, 0.25) is 0 Å². The standard InChI is InChI=1S/C11H12O5S/c1-8(12)16-10-6-4-3-5-9(10)11(13)15-7-17(2)14/h3-6H,7H2,1-2H3. The molecule has 0 aliphatic heterocycles. The Bertz CT molecular complexity index is 455. The van der Waals surface area contributed by atoms with Crippen LogP contribution in [0.1, 0.15) is 17.3 Å². The first-order valence-corrected chi connectivity index (χ1v) is 6.48. The van der Waals surface area contributed by atoms with Crippen LogP contribution in [0.15, 0.2) is 24.3 Å². The van der Waals surface area contributed by atoms with Gasteiger partial charge in [-0.3, -0.25) is 9.00 Å². The molecule has 0 saturated carbocycles. The Morgan fingerprint density at radius 3 is 2.53 bits per heavy atom. The van der Waals surface area contributed by atoms with Crippen LogP contribution in [-0.2, 0) is 20.3 Å². The van der Waals surface area contributed by atoms with Crippen molar-refractivity contribution in [3.63, 3.8) is 0 Å². The van der Waals surface area contributed by atoms with Gasteiger partial charge in [-0.15, -0.1) is 0 Å². The van der Waals surface area contributed by atoms with Crippen molar-refractivity contribution in [1.82, 2.24) is 0 Å². The molecule has 0 aliphatic rings. The summed E-state index contributed by atoms with van der Waals surface area (Å²) >= 11 is 0. The zero-order valence-corrected chi connectivity index (χ0v) is 10.3. The number of carbonyl (C=O) groups excluding carboxylic acids is 2. The molecule has 1 aromatic carbocycles. The summed E-state index contributed by atoms with van der Waals surface area (Å²) in [6.45, 7) is 1.24. The molecule has 6 heteroatoms. The van der Waals surface area contributed by atoms with Gasteiger partial charge in [0, 0.05) is 13.2 Å². The highest BCUT2D eigenvalue weighted by Gasteiger charge is 2.15. The molecule has 92 valence electrons. The first-order chi connectivity index (χ1) is 8.00. The van der Waals surface area contributed by atoms with Gasteiger partial charge in [-0.1, -0.05) is 12.1 Å². The third-order valence-corrected chi connectivity index (χ3v) is 2.17. The highest BCUT2D eigenvalue weighted by molar-refractivity contribution is 7.84. The lowest BCUT2D eigenvalue weighted by Crippen LogP contribution is -2.12. The SMILES string of the molecule is CC(=O)Oc1ccccc1C(=O)OCS(C)=O. The van der Waals surface area contributed by atoms with Gasteiger partial charge in [0.15, 0.2) is 5.94 Å². The monoisotopic (exact) mass is 256 g/mol. The Hall–Kier alpha value is -1.69. The lowest BCUT2D eigenvalue weighted by molar-refractivity contribution is -0.131. The molecule has 0 bridgehead atoms. The van der Waals surface area contributed by atoms with E-state index in [0.29, 0.717) is 0 Å². The second-order valence-electron chi connectivity index (χ2n) is 3.21. The molecule has 0 aromatic heterocycles. The minimum Gasteiger partial charge on any atom is -0.448 e. The fraction of sp³-hybridized carbons (Fsp3) is 0.273. The van der Waals surface area contributed by atoms with E-state index in [1.54, 1.807) is 12.1 Å². The fourth-order valence-electron chi connectivity index (χ4n) is 1.09. The minimum atomic E-state index is -1.23. The first-order valence-electron chi connectivity index (χ1n) is 4.75. The zero-order chi connectivity index (χ0) is 12.8. The number of para-hydroxylation sites is 1. The Morgan fingerprint density at radius 2 is 1.94 bits per heavy atom. The first kappa shape index (κ1) is 13.4. The molecule has 1 unspecified atom stereocenters. The van der Waals surface area contributed by atoms with Crippen molar-refractivity contribution in [2.45, 2.75) is 6.92 Å². The molecule has 0 amide bonds. The molecule has 17 heavy (non-hydrogen) atoms. The van der Waals surface area contributed by atoms with Gasteiger partial charge in [-0.25, -0.2) is 4.79 Å². The largest absolute Gasteiger partial charge is 0.448 e. The Morgan fingerprint density at radius 1 is 1.29 bits per heavy atom. The predicted octanol–water partition coefficient (Wildman–Crippen LogP) is 1.10. The summed E-state index contributed by atoms with van der Waals surface area (Å²) in [5, 5.41) is 0. The van der Waals surface area contributed by atoms with Gasteiger partial charge < -0.3 is 9.47 Å². The molecular weight excluding hydrogens is 244 g/mol. The van der Waals surface area contributed by atoms with Gasteiger partial charge in [-0.05, 0) is 12.1 Å². The predicted molar refractivity (Wildman–Crippen MR) is 62.1 cm³/mol. The maximum Gasteiger partial charge on any atom is 0.342 e. The summed E-state index contributed by atoms with van der Waals surface area (Å²) in [6.07, 6.45) is 1.42. The fourth-order valence-corrected chi connectivity index (χ4v) is 1.37. The summed E-state index contributed by atoms with van der Waals surface area (Å²) in [5.74, 6) is -1.25. The van der Waals surface area contributed by atoms with E-state index >= 15 is 0 Å². The second kappa shape index (κ2) is 6.15. The third kappa shape index (κ3) is 4.36. The van der Waals surface area contributed by atoms with Gasteiger partial charge >= 0.3 is 11.9 Å². The third-order valence-electron chi connectivity index (χ3n) is 1.72. The number of hydrogen-bond acceptors (Lipinski definition) is 5. The van der Waals surface area contributed by atoms with Crippen molar-refractivity contribution in [3.05, 3.63) is 29.8 Å². The average Bonchev–Trinajstić information content (AvgIpc) is 2.25. The topological polar surface area (TPSA) is 69.7 Å². The lowest BCUT2D eigenvalue weighted by Gasteiger charge is -2.07. The van der Waals surface area contributed by atoms with E-state index in [-0.39, 0.29) is 17.3 Å². The molecule has 5 nitrogen and oxygen atoms in total. The van der Waals surface area contributed by atoms with Crippen molar-refractivity contribution in [3.8, 4) is 5.75 Å². The van der Waals surface area contributed by atoms with Gasteiger partial charge in [0.05, 0.1) is 10.8 Å². The van der Waals surface area contributed by atoms with E-state index in [2.05, 4.69) is 0 Å². The van der Waals surface area contributed by atoms with Crippen molar-refractivity contribution < 1.29 is 23.3 Å². The van der Waals surface area contributed by atoms with E-state index in [1.807, 2.05) is 0 Å². The smallest absolute Gasteiger partial charge is 0.342 e. The van der Waals surface area contributed by atoms with Crippen LogP contribution in [-0.4, -0.2) is 28.3 Å². The summed E-state index contributed by atoms with van der Waals surface area (Å²) in [6, 6.07) is 6.21. The van der Waals surface area contributed by atoms with Crippen molar-refractivity contribution in [1.29, 1.82) is 0 Å². The number of rotatable bonds is 4. The summed E-state index contributed by atoms with van der Waals surface area (Å²) in [7, 11) is -1.23. The highest BCUT2D eigenvalue weighted by atomic mass is 32.2. The second-order valence-corrected chi connectivity index (χ2v) is 4.59. The zero-order valence-electron chi connectivity index (χ0n) is 9.47. The number of esters is 2. The number of benzene rings is 1. The molecule has 0 radical (unpaired) electrons. The summed E-state index contributed by atoms with van der Waals surface area (Å²) < 4.78 is 20.4. The maximum absolute atomic E-state index is 11.6. The van der Waals surface area contributed by atoms with E-state index < -0.39 is 22.7 Å². The van der Waals surface area contributed by atoms with Crippen LogP contribution < -0.4 is 4.74 Å². The molecule has 0 fully saturated rings. The Balaban J connectivity index is 2.85. The van der Waals surface area contributed by atoms with Crippen LogP contribution >= 0.6 is 0 Å². The molecular formula is C11H12O5S. The number of carbonyl (C=O) groups is 2. The van der Waals surface area contributed by atoms with Crippen LogP contribution in [0.5, 0.6) is 5.75 Å². The van der Waals surface area contributed by atoms with E-state index in [9.17, 15) is 13.8 Å². The van der Waals surface area contributed by atoms with E-state index in [4.69, 9.17) is 9.47 Å². The molecule has 0 heterocycles. The summed E-state index contributed by atoms with van der Waals surface area (Å²) in [4.78, 5) is 22.4. The molecule has 0 spiro atoms. The number of hydrogen-bond donors (Lipinski definition) is 0. The Labute approximate surface area is 101 Å². The molecule has 1 rings (SSSR count). The van der Waals surface area contributed by atoms with Gasteiger partial charge in [0.2, 0.25) is 0 Å². The number of ether oxygens (including phenoxy) is 2. The molecule has 1 aromatic rings. The van der Waals surface area contributed by atoms with Crippen molar-refractivity contribution in [2.24, 2.45) is 0 Å². The molecule has 0 aliphatic carbocycles. The van der Waals surface area contributed by atoms with E-state index in [0.717, 1.165) is 0 Å². The van der Waals surface area contributed by atoms with Crippen molar-refractivity contribution in [2.75, 3.05) is 12.2 Å². The van der Waals surface area contributed by atoms with Crippen LogP contribution in [0.3, 0.4) is 0 Å². The van der Waals surface area contributed by atoms with Crippen LogP contribution in [0.25, 0.3) is 0 Å². The maximum atomic E-state index is 11.6. The average molecular weight is 256 g/mol. The van der Waals surface area contributed by atoms with Gasteiger partial charge in [0.1, 0.15) is 11.3 Å². The van der Waals surface area contributed by atoms with Crippen molar-refractivity contribution >= 4 is 22.7 Å². The van der Waals surface area contributed by atoms with E-state index in [1.165, 1.54) is 25.3 Å². The molecule has 0 saturated heterocycles. The normalized spacial score (nSPS) is 11.6. The highest BCUT2D eigenvalue weighted by Crippen LogP contribution is 2.19. The summed E-state index contributed by atoms with van der Waals surface area (Å²) in [5.41, 5.74) is 0.133.